The Kier molecular flexibility index (Phi) is 4.92. The van der Waals surface area contributed by atoms with E-state index in [9.17, 15) is 0 Å². The number of hydrogen-bond donors (Lipinski definition) is 1. The van der Waals surface area contributed by atoms with Gasteiger partial charge in [-0.1, -0.05) is 30.3 Å². The molecule has 114 valence electrons. The second-order valence-electron chi connectivity index (χ2n) is 4.42. The van der Waals surface area contributed by atoms with Crippen LogP contribution in [-0.4, -0.2) is 0 Å². The predicted octanol–water partition coefficient (Wildman–Crippen LogP) is -2.06. The third-order valence-corrected chi connectivity index (χ3v) is 2.90. The number of hydrogen-bond acceptors (Lipinski definition) is 5. The van der Waals surface area contributed by atoms with Gasteiger partial charge in [0.2, 0.25) is 5.69 Å². The number of pyridine rings is 1. The maximum atomic E-state index is 8.49. The van der Waals surface area contributed by atoms with Gasteiger partial charge in [-0.05, 0) is 17.5 Å². The minimum Gasteiger partial charge on any atom is -0.393 e. The first-order valence-corrected chi connectivity index (χ1v) is 7.45. The van der Waals surface area contributed by atoms with Crippen molar-refractivity contribution < 1.29 is 33.4 Å². The van der Waals surface area contributed by atoms with Crippen molar-refractivity contribution in [3.8, 4) is 5.69 Å². The summed E-state index contributed by atoms with van der Waals surface area (Å²) < 4.78 is 36.0. The number of fused-ring (bicyclic) bond motifs is 1. The second kappa shape index (κ2) is 6.69. The molecule has 0 spiro atoms. The number of rotatable bonds is 1. The van der Waals surface area contributed by atoms with E-state index in [1.165, 1.54) is 10.8 Å². The van der Waals surface area contributed by atoms with Gasteiger partial charge in [0.1, 0.15) is 5.69 Å². The van der Waals surface area contributed by atoms with Gasteiger partial charge < -0.3 is 5.73 Å². The Balaban J connectivity index is 0.000000309. The second-order valence-corrected chi connectivity index (χ2v) is 5.17. The van der Waals surface area contributed by atoms with E-state index in [0.29, 0.717) is 0 Å². The number of nitrogen functional groups attached to an aromatic ring is 1. The van der Waals surface area contributed by atoms with Crippen molar-refractivity contribution >= 4 is 16.5 Å². The molecule has 0 aliphatic heterocycles. The fourth-order valence-electron chi connectivity index (χ4n) is 2.01. The molecule has 0 fully saturated rings. The molecular weight excluding hydrogens is 308 g/mol. The van der Waals surface area contributed by atoms with Crippen molar-refractivity contribution in [2.24, 2.45) is 0 Å². The Morgan fingerprint density at radius 3 is 1.95 bits per heavy atom. The van der Waals surface area contributed by atoms with E-state index in [0.717, 1.165) is 11.4 Å². The van der Waals surface area contributed by atoms with E-state index in [2.05, 4.69) is 29.0 Å². The van der Waals surface area contributed by atoms with Gasteiger partial charge in [-0.2, -0.15) is 4.57 Å². The van der Waals surface area contributed by atoms with Gasteiger partial charge in [0, 0.05) is 17.5 Å². The van der Waals surface area contributed by atoms with Gasteiger partial charge >= 0.3 is 0 Å². The van der Waals surface area contributed by atoms with Crippen LogP contribution in [0.4, 0.5) is 5.69 Å². The topological polar surface area (TPSA) is 122 Å². The smallest absolute Gasteiger partial charge is 0.233 e. The lowest BCUT2D eigenvalue weighted by atomic mass is 10.2. The van der Waals surface area contributed by atoms with Gasteiger partial charge in [0.05, 0.1) is 0 Å². The minimum absolute atomic E-state index is 0.785. The maximum absolute atomic E-state index is 8.49. The number of nitrogens with two attached hydrogens (primary N) is 1. The van der Waals surface area contributed by atoms with Crippen LogP contribution < -0.4 is 28.9 Å². The van der Waals surface area contributed by atoms with Crippen LogP contribution in [0.3, 0.4) is 0 Å². The summed E-state index contributed by atoms with van der Waals surface area (Å²) in [5, 5.41) is 2.44. The quantitative estimate of drug-likeness (QED) is 0.408. The van der Waals surface area contributed by atoms with Gasteiger partial charge in [-0.3, -0.25) is 0 Å². The summed E-state index contributed by atoms with van der Waals surface area (Å²) in [4.78, 5) is 0. The molecule has 1 aromatic heterocycles. The molecular formula is C15H13ClN2O4. The highest BCUT2D eigenvalue weighted by Gasteiger charge is 2.09. The zero-order valence-electron chi connectivity index (χ0n) is 11.4. The van der Waals surface area contributed by atoms with Crippen molar-refractivity contribution in [3.05, 3.63) is 67.0 Å². The summed E-state index contributed by atoms with van der Waals surface area (Å²) in [5.41, 5.74) is 7.77. The third-order valence-electron chi connectivity index (χ3n) is 2.90. The van der Waals surface area contributed by atoms with Crippen molar-refractivity contribution in [2.75, 3.05) is 5.73 Å². The van der Waals surface area contributed by atoms with E-state index >= 15 is 0 Å². The van der Waals surface area contributed by atoms with Gasteiger partial charge in [0.25, 0.3) is 0 Å². The van der Waals surface area contributed by atoms with E-state index in [1.807, 2.05) is 42.6 Å². The summed E-state index contributed by atoms with van der Waals surface area (Å²) in [5.74, 6) is 0. The molecule has 0 radical (unpaired) electrons. The van der Waals surface area contributed by atoms with Gasteiger partial charge in [-0.15, -0.1) is 10.2 Å². The lowest BCUT2D eigenvalue weighted by Crippen LogP contribution is -2.68. The van der Waals surface area contributed by atoms with Crippen LogP contribution in [0.25, 0.3) is 16.5 Å². The van der Waals surface area contributed by atoms with E-state index in [-0.39, 0.29) is 0 Å². The SMILES string of the molecule is Nc1ccccc1-[n+]1ccc2ccccc2c1.[O-][Cl+3]([O-])([O-])[O-]. The van der Waals surface area contributed by atoms with E-state index in [4.69, 9.17) is 24.4 Å². The first-order valence-electron chi connectivity index (χ1n) is 6.21. The van der Waals surface area contributed by atoms with Crippen LogP contribution in [0.1, 0.15) is 0 Å². The van der Waals surface area contributed by atoms with Gasteiger partial charge in [-0.25, -0.2) is 18.6 Å². The summed E-state index contributed by atoms with van der Waals surface area (Å²) in [6.07, 6.45) is 4.13. The van der Waals surface area contributed by atoms with Crippen LogP contribution in [0.2, 0.25) is 0 Å². The zero-order valence-corrected chi connectivity index (χ0v) is 12.1. The average Bonchev–Trinajstić information content (AvgIpc) is 2.45. The van der Waals surface area contributed by atoms with E-state index in [1.54, 1.807) is 0 Å². The zero-order chi connectivity index (χ0) is 16.2. The maximum Gasteiger partial charge on any atom is 0.233 e. The van der Waals surface area contributed by atoms with Crippen molar-refractivity contribution in [2.45, 2.75) is 0 Å². The summed E-state index contributed by atoms with van der Waals surface area (Å²) in [6.45, 7) is 0. The lowest BCUT2D eigenvalue weighted by molar-refractivity contribution is -2.00. The largest absolute Gasteiger partial charge is 0.393 e. The Hall–Kier alpha value is -2.22. The molecule has 0 saturated carbocycles. The first kappa shape index (κ1) is 16.2. The number of benzene rings is 2. The Bertz CT molecular complexity index is 769. The van der Waals surface area contributed by atoms with Crippen molar-refractivity contribution in [1.82, 2.24) is 0 Å². The fourth-order valence-corrected chi connectivity index (χ4v) is 2.01. The Morgan fingerprint density at radius 2 is 1.32 bits per heavy atom. The number of halogens is 1. The van der Waals surface area contributed by atoms with Crippen molar-refractivity contribution in [1.29, 1.82) is 0 Å². The molecule has 3 rings (SSSR count). The average molecular weight is 321 g/mol. The van der Waals surface area contributed by atoms with Crippen LogP contribution in [0.5, 0.6) is 0 Å². The highest BCUT2D eigenvalue weighted by molar-refractivity contribution is 5.80. The summed E-state index contributed by atoms with van der Waals surface area (Å²) in [7, 11) is -4.94. The van der Waals surface area contributed by atoms with Crippen LogP contribution in [-0.2, 0) is 0 Å². The highest BCUT2D eigenvalue weighted by atomic mass is 35.7. The number of nitrogens with zero attached hydrogens (tertiary/aromatic N) is 1. The summed E-state index contributed by atoms with van der Waals surface area (Å²) in [6, 6.07) is 18.3. The molecule has 0 aliphatic rings. The monoisotopic (exact) mass is 320 g/mol. The molecule has 22 heavy (non-hydrogen) atoms. The number of aromatic nitrogens is 1. The highest BCUT2D eigenvalue weighted by Crippen LogP contribution is 2.14. The van der Waals surface area contributed by atoms with Crippen LogP contribution >= 0.6 is 0 Å². The normalized spacial score (nSPS) is 10.9. The minimum atomic E-state index is -4.94. The molecule has 0 aliphatic carbocycles. The standard InChI is InChI=1S/C15H13N2.ClHO4/c16-14-7-3-4-8-15(14)17-10-9-12-5-1-2-6-13(12)11-17;2-1(3,4)5/h1-11H,16H2;(H,2,3,4,5)/q+1;/p-1. The molecule has 1 heterocycles. The lowest BCUT2D eigenvalue weighted by Gasteiger charge is -2.17. The molecule has 0 unspecified atom stereocenters. The number of para-hydroxylation sites is 2. The van der Waals surface area contributed by atoms with Crippen LogP contribution in [0.15, 0.2) is 67.0 Å². The molecule has 6 nitrogen and oxygen atoms in total. The molecule has 3 aromatic rings. The predicted molar refractivity (Wildman–Crippen MR) is 69.9 cm³/mol. The Morgan fingerprint density at radius 1 is 0.773 bits per heavy atom. The van der Waals surface area contributed by atoms with Crippen molar-refractivity contribution in [3.63, 3.8) is 0 Å². The third kappa shape index (κ3) is 4.66. The molecule has 7 heteroatoms. The van der Waals surface area contributed by atoms with Gasteiger partial charge in [0.15, 0.2) is 12.4 Å². The number of anilines is 1. The van der Waals surface area contributed by atoms with E-state index < -0.39 is 10.2 Å². The molecule has 2 N–H and O–H groups in total. The van der Waals surface area contributed by atoms with Crippen LogP contribution in [0, 0.1) is 10.2 Å². The molecule has 0 atom stereocenters. The fraction of sp³-hybridized carbons (Fsp3) is 0. The molecule has 2 aromatic carbocycles. The molecule has 0 amide bonds. The molecule has 0 bridgehead atoms. The Labute approximate surface area is 129 Å². The summed E-state index contributed by atoms with van der Waals surface area (Å²) >= 11 is 0. The first-order chi connectivity index (χ1) is 10.3. The molecule has 0 saturated heterocycles.